The molecule has 3 N–H and O–H groups in total. The van der Waals surface area contributed by atoms with Crippen LogP contribution in [0.2, 0.25) is 0 Å². The summed E-state index contributed by atoms with van der Waals surface area (Å²) in [5, 5.41) is 7.97. The lowest BCUT2D eigenvalue weighted by Gasteiger charge is -2.17. The van der Waals surface area contributed by atoms with E-state index < -0.39 is 0 Å². The maximum absolute atomic E-state index is 12.0. The Labute approximate surface area is 136 Å². The predicted octanol–water partition coefficient (Wildman–Crippen LogP) is 0.0359. The van der Waals surface area contributed by atoms with Gasteiger partial charge in [-0.05, 0) is 31.0 Å². The van der Waals surface area contributed by atoms with Gasteiger partial charge >= 0.3 is 0 Å². The minimum Gasteiger partial charge on any atom is -0.358 e. The molecule has 0 aromatic heterocycles. The average Bonchev–Trinajstić information content (AvgIpc) is 2.50. The Bertz CT molecular complexity index is 587. The molecule has 1 aromatic carbocycles. The molecule has 0 radical (unpaired) electrons. The van der Waals surface area contributed by atoms with Gasteiger partial charge in [-0.1, -0.05) is 12.1 Å². The zero-order chi connectivity index (χ0) is 17.4. The van der Waals surface area contributed by atoms with Crippen LogP contribution in [0.15, 0.2) is 18.2 Å². The van der Waals surface area contributed by atoms with Crippen LogP contribution in [-0.2, 0) is 14.4 Å². The number of carbonyl (C=O) groups excluding carboxylic acids is 3. The van der Waals surface area contributed by atoms with Gasteiger partial charge < -0.3 is 15.5 Å². The Kier molecular flexibility index (Phi) is 7.21. The Balaban J connectivity index is 2.45. The summed E-state index contributed by atoms with van der Waals surface area (Å²) in [6.07, 6.45) is 0. The third-order valence-electron chi connectivity index (χ3n) is 3.31. The third-order valence-corrected chi connectivity index (χ3v) is 3.31. The number of hydrogen-bond donors (Lipinski definition) is 3. The van der Waals surface area contributed by atoms with Crippen LogP contribution in [0, 0.1) is 13.8 Å². The van der Waals surface area contributed by atoms with Crippen molar-refractivity contribution in [1.82, 2.24) is 15.5 Å². The molecule has 126 valence electrons. The molecule has 0 atom stereocenters. The summed E-state index contributed by atoms with van der Waals surface area (Å²) in [5.41, 5.74) is 2.76. The van der Waals surface area contributed by atoms with Crippen molar-refractivity contribution in [2.24, 2.45) is 0 Å². The maximum atomic E-state index is 12.0. The van der Waals surface area contributed by atoms with E-state index in [0.29, 0.717) is 0 Å². The van der Waals surface area contributed by atoms with Crippen molar-refractivity contribution in [2.45, 2.75) is 13.8 Å². The van der Waals surface area contributed by atoms with Crippen molar-refractivity contribution in [3.8, 4) is 0 Å². The van der Waals surface area contributed by atoms with Gasteiger partial charge in [0.05, 0.1) is 19.6 Å². The van der Waals surface area contributed by atoms with Crippen molar-refractivity contribution in [3.05, 3.63) is 29.3 Å². The minimum absolute atomic E-state index is 0.000668. The van der Waals surface area contributed by atoms with Crippen molar-refractivity contribution in [1.29, 1.82) is 0 Å². The second kappa shape index (κ2) is 8.89. The topological polar surface area (TPSA) is 90.5 Å². The lowest BCUT2D eigenvalue weighted by atomic mass is 10.1. The lowest BCUT2D eigenvalue weighted by Crippen LogP contribution is -2.42. The highest BCUT2D eigenvalue weighted by atomic mass is 16.2. The summed E-state index contributed by atoms with van der Waals surface area (Å²) >= 11 is 0. The quantitative estimate of drug-likeness (QED) is 0.661. The molecule has 0 fully saturated rings. The van der Waals surface area contributed by atoms with Gasteiger partial charge in [0.1, 0.15) is 0 Å². The molecule has 0 aliphatic heterocycles. The van der Waals surface area contributed by atoms with Crippen molar-refractivity contribution < 1.29 is 14.4 Å². The van der Waals surface area contributed by atoms with Gasteiger partial charge in [-0.2, -0.15) is 0 Å². The largest absolute Gasteiger partial charge is 0.358 e. The van der Waals surface area contributed by atoms with Gasteiger partial charge in [0.25, 0.3) is 0 Å². The first-order chi connectivity index (χ1) is 10.8. The zero-order valence-corrected chi connectivity index (χ0v) is 14.0. The molecule has 3 amide bonds. The number of carbonyl (C=O) groups is 3. The molecule has 0 unspecified atom stereocenters. The number of aryl methyl sites for hydroxylation is 2. The van der Waals surface area contributed by atoms with Crippen molar-refractivity contribution in [2.75, 3.05) is 39.0 Å². The van der Waals surface area contributed by atoms with Gasteiger partial charge in [0.2, 0.25) is 17.7 Å². The van der Waals surface area contributed by atoms with E-state index in [4.69, 9.17) is 0 Å². The first-order valence-electron chi connectivity index (χ1n) is 7.36. The van der Waals surface area contributed by atoms with Gasteiger partial charge in [-0.3, -0.25) is 19.7 Å². The smallest absolute Gasteiger partial charge is 0.243 e. The Morgan fingerprint density at radius 2 is 1.78 bits per heavy atom. The third kappa shape index (κ3) is 6.48. The molecule has 0 saturated carbocycles. The molecule has 0 saturated heterocycles. The Morgan fingerprint density at radius 1 is 1.09 bits per heavy atom. The first kappa shape index (κ1) is 18.6. The molecule has 23 heavy (non-hydrogen) atoms. The van der Waals surface area contributed by atoms with E-state index in [2.05, 4.69) is 16.0 Å². The van der Waals surface area contributed by atoms with Gasteiger partial charge in [-0.15, -0.1) is 0 Å². The highest BCUT2D eigenvalue weighted by Crippen LogP contribution is 2.16. The number of likely N-dealkylation sites (N-methyl/N-ethyl adjacent to an activating group) is 2. The Morgan fingerprint density at radius 3 is 2.43 bits per heavy atom. The number of rotatable bonds is 7. The number of hydrogen-bond acceptors (Lipinski definition) is 4. The molecule has 0 bridgehead atoms. The monoisotopic (exact) mass is 320 g/mol. The minimum atomic E-state index is -0.263. The molecule has 7 nitrogen and oxygen atoms in total. The summed E-state index contributed by atoms with van der Waals surface area (Å²) < 4.78 is 0. The summed E-state index contributed by atoms with van der Waals surface area (Å²) in [7, 11) is 3.07. The van der Waals surface area contributed by atoms with Crippen LogP contribution < -0.4 is 16.0 Å². The lowest BCUT2D eigenvalue weighted by molar-refractivity contribution is -0.132. The Hall–Kier alpha value is -2.41. The molecule has 1 aromatic rings. The van der Waals surface area contributed by atoms with Gasteiger partial charge in [0, 0.05) is 19.8 Å². The summed E-state index contributed by atoms with van der Waals surface area (Å²) in [6.45, 7) is 3.87. The normalized spacial score (nSPS) is 10.1. The van der Waals surface area contributed by atoms with E-state index in [-0.39, 0.29) is 37.4 Å². The predicted molar refractivity (Wildman–Crippen MR) is 89.1 cm³/mol. The number of nitrogens with zero attached hydrogens (tertiary/aromatic N) is 1. The van der Waals surface area contributed by atoms with Crippen molar-refractivity contribution in [3.63, 3.8) is 0 Å². The SMILES string of the molecule is CNC(=O)CNCC(=O)N(C)CC(=O)Nc1cc(C)ccc1C. The molecular weight excluding hydrogens is 296 g/mol. The van der Waals surface area contributed by atoms with Crippen molar-refractivity contribution >= 4 is 23.4 Å². The van der Waals surface area contributed by atoms with E-state index in [1.54, 1.807) is 7.05 Å². The van der Waals surface area contributed by atoms with E-state index in [1.807, 2.05) is 32.0 Å². The molecular formula is C16H24N4O3. The van der Waals surface area contributed by atoms with Crippen LogP contribution in [-0.4, -0.2) is 56.4 Å². The molecule has 0 aliphatic rings. The fraction of sp³-hybridized carbons (Fsp3) is 0.438. The molecule has 0 heterocycles. The number of anilines is 1. The average molecular weight is 320 g/mol. The van der Waals surface area contributed by atoms with Gasteiger partial charge in [0.15, 0.2) is 0 Å². The number of amides is 3. The standard InChI is InChI=1S/C16H24N4O3/c1-11-5-6-12(2)13(7-11)19-15(22)10-20(4)16(23)9-18-8-14(21)17-3/h5-7,18H,8-10H2,1-4H3,(H,17,21)(H,19,22). The van der Waals surface area contributed by atoms with Crippen LogP contribution in [0.5, 0.6) is 0 Å². The second-order valence-corrected chi connectivity index (χ2v) is 5.39. The highest BCUT2D eigenvalue weighted by Gasteiger charge is 2.13. The molecule has 0 spiro atoms. The number of benzene rings is 1. The highest BCUT2D eigenvalue weighted by molar-refractivity contribution is 5.95. The molecule has 0 aliphatic carbocycles. The van der Waals surface area contributed by atoms with Crippen LogP contribution in [0.3, 0.4) is 0 Å². The van der Waals surface area contributed by atoms with Crippen LogP contribution in [0.25, 0.3) is 0 Å². The summed E-state index contributed by atoms with van der Waals surface area (Å²) in [4.78, 5) is 36.3. The van der Waals surface area contributed by atoms with E-state index in [0.717, 1.165) is 16.8 Å². The maximum Gasteiger partial charge on any atom is 0.243 e. The molecule has 1 rings (SSSR count). The number of nitrogens with one attached hydrogen (secondary N) is 3. The zero-order valence-electron chi connectivity index (χ0n) is 14.0. The van der Waals surface area contributed by atoms with E-state index in [9.17, 15) is 14.4 Å². The summed E-state index contributed by atoms with van der Waals surface area (Å²) in [5.74, 6) is -0.723. The van der Waals surface area contributed by atoms with Crippen LogP contribution >= 0.6 is 0 Å². The first-order valence-corrected chi connectivity index (χ1v) is 7.36. The van der Waals surface area contributed by atoms with Crippen LogP contribution in [0.1, 0.15) is 11.1 Å². The summed E-state index contributed by atoms with van der Waals surface area (Å²) in [6, 6.07) is 5.79. The van der Waals surface area contributed by atoms with Gasteiger partial charge in [-0.25, -0.2) is 0 Å². The fourth-order valence-electron chi connectivity index (χ4n) is 1.87. The van der Waals surface area contributed by atoms with E-state index in [1.165, 1.54) is 11.9 Å². The van der Waals surface area contributed by atoms with E-state index >= 15 is 0 Å². The second-order valence-electron chi connectivity index (χ2n) is 5.39. The van der Waals surface area contributed by atoms with Crippen LogP contribution in [0.4, 0.5) is 5.69 Å². The fourth-order valence-corrected chi connectivity index (χ4v) is 1.87. The molecule has 7 heteroatoms.